The summed E-state index contributed by atoms with van der Waals surface area (Å²) < 4.78 is 0. The molecule has 5 nitrogen and oxygen atoms in total. The Hall–Kier alpha value is -2.04. The topological polar surface area (TPSA) is 69.6 Å². The van der Waals surface area contributed by atoms with Gasteiger partial charge >= 0.3 is 5.97 Å². The van der Waals surface area contributed by atoms with Gasteiger partial charge in [0.2, 0.25) is 5.91 Å². The predicted molar refractivity (Wildman–Crippen MR) is 75.5 cm³/mol. The van der Waals surface area contributed by atoms with Gasteiger partial charge in [0.25, 0.3) is 0 Å². The van der Waals surface area contributed by atoms with Crippen molar-refractivity contribution in [3.8, 4) is 0 Å². The Labute approximate surface area is 113 Å². The lowest BCUT2D eigenvalue weighted by Gasteiger charge is -2.17. The van der Waals surface area contributed by atoms with Gasteiger partial charge in [0.15, 0.2) is 0 Å². The van der Waals surface area contributed by atoms with E-state index in [4.69, 9.17) is 5.11 Å². The van der Waals surface area contributed by atoms with Crippen molar-refractivity contribution in [3.05, 3.63) is 24.3 Å². The number of amides is 1. The van der Waals surface area contributed by atoms with Crippen LogP contribution in [0.15, 0.2) is 24.3 Å². The standard InChI is InChI=1S/C14H20N2O3/c1-16(2)12-8-4-3-7-11(12)15-13(17)9-5-6-10-14(18)19/h3-4,7-8H,5-6,9-10H2,1-2H3,(H,15,17)(H,18,19). The maximum atomic E-state index is 11.8. The first-order valence-corrected chi connectivity index (χ1v) is 6.28. The van der Waals surface area contributed by atoms with E-state index in [0.717, 1.165) is 11.4 Å². The molecule has 0 saturated heterocycles. The highest BCUT2D eigenvalue weighted by molar-refractivity contribution is 5.94. The highest BCUT2D eigenvalue weighted by Gasteiger charge is 2.07. The number of hydrogen-bond acceptors (Lipinski definition) is 3. The number of carboxylic acids is 1. The van der Waals surface area contributed by atoms with Gasteiger partial charge in [-0.15, -0.1) is 0 Å². The minimum absolute atomic E-state index is 0.0836. The number of unbranched alkanes of at least 4 members (excludes halogenated alkanes) is 1. The van der Waals surface area contributed by atoms with Crippen LogP contribution in [0.25, 0.3) is 0 Å². The van der Waals surface area contributed by atoms with Crippen LogP contribution >= 0.6 is 0 Å². The molecule has 0 aromatic heterocycles. The molecule has 0 atom stereocenters. The van der Waals surface area contributed by atoms with Crippen molar-refractivity contribution >= 4 is 23.3 Å². The number of nitrogens with zero attached hydrogens (tertiary/aromatic N) is 1. The summed E-state index contributed by atoms with van der Waals surface area (Å²) in [6, 6.07) is 7.56. The number of para-hydroxylation sites is 2. The molecule has 1 rings (SSSR count). The second kappa shape index (κ2) is 7.41. The summed E-state index contributed by atoms with van der Waals surface area (Å²) >= 11 is 0. The SMILES string of the molecule is CN(C)c1ccccc1NC(=O)CCCCC(=O)O. The van der Waals surface area contributed by atoms with Gasteiger partial charge in [-0.05, 0) is 25.0 Å². The summed E-state index contributed by atoms with van der Waals surface area (Å²) in [5, 5.41) is 11.4. The van der Waals surface area contributed by atoms with E-state index in [9.17, 15) is 9.59 Å². The number of carboxylic acid groups (broad SMARTS) is 1. The van der Waals surface area contributed by atoms with Gasteiger partial charge < -0.3 is 15.3 Å². The van der Waals surface area contributed by atoms with Crippen molar-refractivity contribution in [2.45, 2.75) is 25.7 Å². The van der Waals surface area contributed by atoms with Crippen molar-refractivity contribution in [1.82, 2.24) is 0 Å². The molecule has 0 bridgehead atoms. The number of nitrogens with one attached hydrogen (secondary N) is 1. The van der Waals surface area contributed by atoms with E-state index < -0.39 is 5.97 Å². The molecular formula is C14H20N2O3. The zero-order chi connectivity index (χ0) is 14.3. The highest BCUT2D eigenvalue weighted by atomic mass is 16.4. The van der Waals surface area contributed by atoms with Crippen LogP contribution in [0.4, 0.5) is 11.4 Å². The zero-order valence-electron chi connectivity index (χ0n) is 11.3. The first-order valence-electron chi connectivity index (χ1n) is 6.28. The summed E-state index contributed by atoms with van der Waals surface area (Å²) in [5.74, 6) is -0.905. The molecule has 5 heteroatoms. The van der Waals surface area contributed by atoms with E-state index in [1.54, 1.807) is 0 Å². The Bertz CT molecular complexity index is 444. The second-order valence-electron chi connectivity index (χ2n) is 4.56. The number of rotatable bonds is 7. The maximum absolute atomic E-state index is 11.8. The van der Waals surface area contributed by atoms with E-state index in [2.05, 4.69) is 5.32 Å². The van der Waals surface area contributed by atoms with Crippen LogP contribution in [0.2, 0.25) is 0 Å². The molecule has 0 spiro atoms. The molecule has 0 heterocycles. The molecule has 0 fully saturated rings. The molecule has 0 unspecified atom stereocenters. The van der Waals surface area contributed by atoms with Gasteiger partial charge in [-0.3, -0.25) is 9.59 Å². The van der Waals surface area contributed by atoms with Gasteiger partial charge in [0, 0.05) is 26.9 Å². The Morgan fingerprint density at radius 1 is 1.16 bits per heavy atom. The fraction of sp³-hybridized carbons (Fsp3) is 0.429. The molecule has 0 saturated carbocycles. The van der Waals surface area contributed by atoms with Crippen LogP contribution in [-0.4, -0.2) is 31.1 Å². The van der Waals surface area contributed by atoms with Crippen LogP contribution in [0.5, 0.6) is 0 Å². The molecule has 2 N–H and O–H groups in total. The summed E-state index contributed by atoms with van der Waals surface area (Å²) in [5.41, 5.74) is 1.72. The smallest absolute Gasteiger partial charge is 0.303 e. The number of anilines is 2. The third-order valence-electron chi connectivity index (χ3n) is 2.70. The van der Waals surface area contributed by atoms with E-state index in [0.29, 0.717) is 19.3 Å². The molecule has 0 aliphatic carbocycles. The molecule has 0 aliphatic heterocycles. The highest BCUT2D eigenvalue weighted by Crippen LogP contribution is 2.23. The molecular weight excluding hydrogens is 244 g/mol. The Kier molecular flexibility index (Phi) is 5.85. The Balaban J connectivity index is 2.46. The van der Waals surface area contributed by atoms with Gasteiger partial charge in [0.05, 0.1) is 11.4 Å². The maximum Gasteiger partial charge on any atom is 0.303 e. The van der Waals surface area contributed by atoms with Crippen LogP contribution < -0.4 is 10.2 Å². The summed E-state index contributed by atoms with van der Waals surface area (Å²) in [6.45, 7) is 0. The Morgan fingerprint density at radius 3 is 2.42 bits per heavy atom. The Morgan fingerprint density at radius 2 is 1.79 bits per heavy atom. The van der Waals surface area contributed by atoms with Gasteiger partial charge in [-0.25, -0.2) is 0 Å². The number of aliphatic carboxylic acids is 1. The van der Waals surface area contributed by atoms with Crippen molar-refractivity contribution in [3.63, 3.8) is 0 Å². The monoisotopic (exact) mass is 264 g/mol. The summed E-state index contributed by atoms with van der Waals surface area (Å²) in [4.78, 5) is 24.0. The van der Waals surface area contributed by atoms with E-state index >= 15 is 0 Å². The third-order valence-corrected chi connectivity index (χ3v) is 2.70. The first-order chi connectivity index (χ1) is 9.00. The molecule has 1 aromatic carbocycles. The van der Waals surface area contributed by atoms with E-state index in [-0.39, 0.29) is 12.3 Å². The van der Waals surface area contributed by atoms with Gasteiger partial charge in [0.1, 0.15) is 0 Å². The lowest BCUT2D eigenvalue weighted by atomic mass is 10.2. The number of carbonyl (C=O) groups is 2. The number of carbonyl (C=O) groups excluding carboxylic acids is 1. The van der Waals surface area contributed by atoms with E-state index in [1.807, 2.05) is 43.3 Å². The van der Waals surface area contributed by atoms with Crippen LogP contribution in [-0.2, 0) is 9.59 Å². The van der Waals surface area contributed by atoms with Crippen molar-refractivity contribution in [2.24, 2.45) is 0 Å². The minimum Gasteiger partial charge on any atom is -0.481 e. The first kappa shape index (κ1) is 15.0. The van der Waals surface area contributed by atoms with Crippen molar-refractivity contribution in [1.29, 1.82) is 0 Å². The summed E-state index contributed by atoms with van der Waals surface area (Å²) in [7, 11) is 3.83. The molecule has 0 radical (unpaired) electrons. The quantitative estimate of drug-likeness (QED) is 0.742. The summed E-state index contributed by atoms with van der Waals surface area (Å²) in [6.07, 6.45) is 1.57. The van der Waals surface area contributed by atoms with Crippen LogP contribution in [0.3, 0.4) is 0 Å². The largest absolute Gasteiger partial charge is 0.481 e. The molecule has 0 aliphatic rings. The zero-order valence-corrected chi connectivity index (χ0v) is 11.3. The molecule has 1 aromatic rings. The van der Waals surface area contributed by atoms with Gasteiger partial charge in [-0.2, -0.15) is 0 Å². The normalized spacial score (nSPS) is 10.0. The van der Waals surface area contributed by atoms with Crippen LogP contribution in [0, 0.1) is 0 Å². The lowest BCUT2D eigenvalue weighted by Crippen LogP contribution is -2.16. The van der Waals surface area contributed by atoms with Crippen molar-refractivity contribution < 1.29 is 14.7 Å². The fourth-order valence-electron chi connectivity index (χ4n) is 1.74. The average molecular weight is 264 g/mol. The van der Waals surface area contributed by atoms with Crippen molar-refractivity contribution in [2.75, 3.05) is 24.3 Å². The molecule has 1 amide bonds. The molecule has 104 valence electrons. The molecule has 19 heavy (non-hydrogen) atoms. The fourth-order valence-corrected chi connectivity index (χ4v) is 1.74. The van der Waals surface area contributed by atoms with Crippen LogP contribution in [0.1, 0.15) is 25.7 Å². The number of benzene rings is 1. The third kappa shape index (κ3) is 5.42. The number of hydrogen-bond donors (Lipinski definition) is 2. The average Bonchev–Trinajstić information content (AvgIpc) is 2.35. The van der Waals surface area contributed by atoms with E-state index in [1.165, 1.54) is 0 Å². The lowest BCUT2D eigenvalue weighted by molar-refractivity contribution is -0.137. The predicted octanol–water partition coefficient (Wildman–Crippen LogP) is 2.34. The second-order valence-corrected chi connectivity index (χ2v) is 4.56. The van der Waals surface area contributed by atoms with Gasteiger partial charge in [-0.1, -0.05) is 12.1 Å². The minimum atomic E-state index is -0.821.